The van der Waals surface area contributed by atoms with Gasteiger partial charge in [-0.2, -0.15) is 0 Å². The van der Waals surface area contributed by atoms with E-state index < -0.39 is 5.60 Å². The molecule has 0 unspecified atom stereocenters. The molecule has 0 spiro atoms. The van der Waals surface area contributed by atoms with Crippen LogP contribution in [0.3, 0.4) is 0 Å². The van der Waals surface area contributed by atoms with Gasteiger partial charge in [-0.15, -0.1) is 11.3 Å². The first-order chi connectivity index (χ1) is 11.8. The van der Waals surface area contributed by atoms with Crippen LogP contribution in [0.15, 0.2) is 24.3 Å². The third-order valence-corrected chi connectivity index (χ3v) is 5.87. The van der Waals surface area contributed by atoms with E-state index in [1.807, 2.05) is 39.8 Å². The van der Waals surface area contributed by atoms with E-state index in [0.717, 1.165) is 15.1 Å². The summed E-state index contributed by atoms with van der Waals surface area (Å²) in [5, 5.41) is 1.17. The van der Waals surface area contributed by atoms with Crippen LogP contribution in [0.1, 0.15) is 48.8 Å². The molecular formula is C20H25NO3S. The number of hydrogen-bond acceptors (Lipinski definition) is 4. The zero-order valence-corrected chi connectivity index (χ0v) is 16.1. The van der Waals surface area contributed by atoms with Gasteiger partial charge in [-0.25, -0.2) is 4.79 Å². The van der Waals surface area contributed by atoms with Gasteiger partial charge >= 0.3 is 6.09 Å². The number of rotatable bonds is 2. The Morgan fingerprint density at radius 2 is 1.80 bits per heavy atom. The van der Waals surface area contributed by atoms with Gasteiger partial charge < -0.3 is 9.64 Å². The summed E-state index contributed by atoms with van der Waals surface area (Å²) in [7, 11) is 0. The van der Waals surface area contributed by atoms with Crippen molar-refractivity contribution in [3.8, 4) is 0 Å². The molecule has 0 saturated carbocycles. The normalized spacial score (nSPS) is 16.2. The van der Waals surface area contributed by atoms with Crippen LogP contribution in [0.5, 0.6) is 0 Å². The number of ether oxygens (including phenoxy) is 1. The van der Waals surface area contributed by atoms with E-state index in [0.29, 0.717) is 25.9 Å². The highest BCUT2D eigenvalue weighted by atomic mass is 32.1. The monoisotopic (exact) mass is 359 g/mol. The molecule has 0 bridgehead atoms. The van der Waals surface area contributed by atoms with Gasteiger partial charge in [0.2, 0.25) is 0 Å². The predicted octanol–water partition coefficient (Wildman–Crippen LogP) is 5.04. The Balaban J connectivity index is 1.67. The average Bonchev–Trinajstić information content (AvgIpc) is 2.90. The van der Waals surface area contributed by atoms with Gasteiger partial charge in [0.1, 0.15) is 5.60 Å². The molecular weight excluding hydrogens is 334 g/mol. The molecule has 5 heteroatoms. The largest absolute Gasteiger partial charge is 0.444 e. The first kappa shape index (κ1) is 17.9. The third-order valence-electron chi connectivity index (χ3n) is 4.58. The summed E-state index contributed by atoms with van der Waals surface area (Å²) < 4.78 is 6.58. The van der Waals surface area contributed by atoms with Crippen LogP contribution in [0.2, 0.25) is 0 Å². The summed E-state index contributed by atoms with van der Waals surface area (Å²) in [6.45, 7) is 8.79. The van der Waals surface area contributed by atoms with Crippen LogP contribution in [-0.4, -0.2) is 35.5 Å². The van der Waals surface area contributed by atoms with E-state index in [1.165, 1.54) is 5.39 Å². The number of carbonyl (C=O) groups is 2. The number of carbonyl (C=O) groups excluding carboxylic acids is 2. The average molecular weight is 359 g/mol. The minimum Gasteiger partial charge on any atom is -0.444 e. The highest BCUT2D eigenvalue weighted by molar-refractivity contribution is 7.21. The van der Waals surface area contributed by atoms with Gasteiger partial charge in [0.25, 0.3) is 0 Å². The number of aryl methyl sites for hydroxylation is 1. The number of amides is 1. The zero-order valence-electron chi connectivity index (χ0n) is 15.3. The molecule has 1 amide bonds. The van der Waals surface area contributed by atoms with E-state index in [9.17, 15) is 9.59 Å². The molecule has 1 saturated heterocycles. The van der Waals surface area contributed by atoms with E-state index in [4.69, 9.17) is 4.74 Å². The Hall–Kier alpha value is -1.88. The Morgan fingerprint density at radius 1 is 1.16 bits per heavy atom. The SMILES string of the molecule is Cc1c(C(=O)C2CCN(C(=O)OC(C)(C)C)CC2)sc2ccccc12. The van der Waals surface area contributed by atoms with Crippen LogP contribution in [-0.2, 0) is 4.74 Å². The molecule has 0 radical (unpaired) electrons. The van der Waals surface area contributed by atoms with Crippen molar-refractivity contribution in [1.82, 2.24) is 4.90 Å². The summed E-state index contributed by atoms with van der Waals surface area (Å²) in [6, 6.07) is 8.15. The molecule has 1 aliphatic heterocycles. The fourth-order valence-corrected chi connectivity index (χ4v) is 4.47. The summed E-state index contributed by atoms with van der Waals surface area (Å²) in [5.41, 5.74) is 0.595. The first-order valence-electron chi connectivity index (χ1n) is 8.76. The molecule has 2 heterocycles. The van der Waals surface area contributed by atoms with Crippen molar-refractivity contribution in [2.24, 2.45) is 5.92 Å². The fraction of sp³-hybridized carbons (Fsp3) is 0.500. The fourth-order valence-electron chi connectivity index (χ4n) is 3.25. The van der Waals surface area contributed by atoms with Crippen LogP contribution in [0, 0.1) is 12.8 Å². The molecule has 1 aromatic carbocycles. The van der Waals surface area contributed by atoms with Crippen molar-refractivity contribution in [3.63, 3.8) is 0 Å². The summed E-state index contributed by atoms with van der Waals surface area (Å²) >= 11 is 1.59. The topological polar surface area (TPSA) is 46.6 Å². The zero-order chi connectivity index (χ0) is 18.2. The van der Waals surface area contributed by atoms with Crippen LogP contribution >= 0.6 is 11.3 Å². The second-order valence-corrected chi connectivity index (χ2v) is 8.71. The van der Waals surface area contributed by atoms with Gasteiger partial charge in [0.15, 0.2) is 5.78 Å². The minimum absolute atomic E-state index is 0.00884. The number of thiophene rings is 1. The molecule has 0 atom stereocenters. The smallest absolute Gasteiger partial charge is 0.410 e. The quantitative estimate of drug-likeness (QED) is 0.706. The van der Waals surface area contributed by atoms with Crippen LogP contribution in [0.4, 0.5) is 4.79 Å². The number of likely N-dealkylation sites (tertiary alicyclic amines) is 1. The molecule has 1 aromatic heterocycles. The lowest BCUT2D eigenvalue weighted by molar-refractivity contribution is 0.0182. The number of nitrogens with zero attached hydrogens (tertiary/aromatic N) is 1. The number of benzene rings is 1. The molecule has 1 fully saturated rings. The van der Waals surface area contributed by atoms with Crippen LogP contribution < -0.4 is 0 Å². The van der Waals surface area contributed by atoms with Crippen molar-refractivity contribution in [3.05, 3.63) is 34.7 Å². The Bertz CT molecular complexity index is 795. The first-order valence-corrected chi connectivity index (χ1v) is 9.58. The van der Waals surface area contributed by atoms with E-state index in [1.54, 1.807) is 16.2 Å². The lowest BCUT2D eigenvalue weighted by Crippen LogP contribution is -2.42. The van der Waals surface area contributed by atoms with E-state index in [-0.39, 0.29) is 17.8 Å². The molecule has 1 aliphatic rings. The van der Waals surface area contributed by atoms with Crippen molar-refractivity contribution >= 4 is 33.3 Å². The van der Waals surface area contributed by atoms with Gasteiger partial charge in [0, 0.05) is 23.7 Å². The highest BCUT2D eigenvalue weighted by Crippen LogP contribution is 2.34. The Morgan fingerprint density at radius 3 is 2.40 bits per heavy atom. The summed E-state index contributed by atoms with van der Waals surface area (Å²) in [6.07, 6.45) is 1.12. The standard InChI is InChI=1S/C20H25NO3S/c1-13-15-7-5-6-8-16(15)25-18(13)17(22)14-9-11-21(12-10-14)19(23)24-20(2,3)4/h5-8,14H,9-12H2,1-4H3. The highest BCUT2D eigenvalue weighted by Gasteiger charge is 2.31. The van der Waals surface area contributed by atoms with Gasteiger partial charge in [0.05, 0.1) is 4.88 Å². The van der Waals surface area contributed by atoms with Gasteiger partial charge in [-0.1, -0.05) is 18.2 Å². The van der Waals surface area contributed by atoms with Crippen molar-refractivity contribution in [2.75, 3.05) is 13.1 Å². The number of piperidine rings is 1. The number of fused-ring (bicyclic) bond motifs is 1. The number of hydrogen-bond donors (Lipinski definition) is 0. The van der Waals surface area contributed by atoms with E-state index >= 15 is 0 Å². The predicted molar refractivity (Wildman–Crippen MR) is 101 cm³/mol. The molecule has 0 aliphatic carbocycles. The summed E-state index contributed by atoms with van der Waals surface area (Å²) in [4.78, 5) is 27.7. The lowest BCUT2D eigenvalue weighted by Gasteiger charge is -2.32. The maximum absolute atomic E-state index is 13.0. The second-order valence-electron chi connectivity index (χ2n) is 7.66. The minimum atomic E-state index is -0.488. The molecule has 134 valence electrons. The van der Waals surface area contributed by atoms with Gasteiger partial charge in [-0.3, -0.25) is 4.79 Å². The molecule has 4 nitrogen and oxygen atoms in total. The number of Topliss-reactive ketones (excluding diaryl/α,β-unsaturated/α-hetero) is 1. The van der Waals surface area contributed by atoms with Crippen molar-refractivity contribution in [2.45, 2.75) is 46.1 Å². The van der Waals surface area contributed by atoms with E-state index in [2.05, 4.69) is 12.1 Å². The molecule has 2 aromatic rings. The molecule has 0 N–H and O–H groups in total. The summed E-state index contributed by atoms with van der Waals surface area (Å²) in [5.74, 6) is 0.216. The number of ketones is 1. The molecule has 25 heavy (non-hydrogen) atoms. The second kappa shape index (κ2) is 6.79. The maximum atomic E-state index is 13.0. The third kappa shape index (κ3) is 3.87. The molecule has 3 rings (SSSR count). The maximum Gasteiger partial charge on any atom is 0.410 e. The Kier molecular flexibility index (Phi) is 4.87. The van der Waals surface area contributed by atoms with Crippen molar-refractivity contribution in [1.29, 1.82) is 0 Å². The van der Waals surface area contributed by atoms with Gasteiger partial charge in [-0.05, 0) is 57.6 Å². The van der Waals surface area contributed by atoms with Crippen LogP contribution in [0.25, 0.3) is 10.1 Å². The lowest BCUT2D eigenvalue weighted by atomic mass is 9.90. The Labute approximate surface area is 152 Å². The van der Waals surface area contributed by atoms with Crippen molar-refractivity contribution < 1.29 is 14.3 Å².